The van der Waals surface area contributed by atoms with E-state index in [1.807, 2.05) is 0 Å². The van der Waals surface area contributed by atoms with Crippen molar-refractivity contribution in [2.75, 3.05) is 6.54 Å². The predicted octanol–water partition coefficient (Wildman–Crippen LogP) is 3.52. The van der Waals surface area contributed by atoms with Crippen LogP contribution >= 0.6 is 0 Å². The molecule has 0 aromatic heterocycles. The van der Waals surface area contributed by atoms with Crippen LogP contribution in [-0.2, 0) is 6.54 Å². The molecule has 1 rings (SSSR count). The zero-order valence-electron chi connectivity index (χ0n) is 10.2. The molecule has 0 saturated carbocycles. The van der Waals surface area contributed by atoms with Crippen LogP contribution in [0.1, 0.15) is 37.8 Å². The molecule has 0 aliphatic heterocycles. The molecule has 0 spiro atoms. The van der Waals surface area contributed by atoms with Gasteiger partial charge in [0.2, 0.25) is 0 Å². The fraction of sp³-hybridized carbons (Fsp3) is 0.571. The first-order valence-corrected chi connectivity index (χ1v) is 5.98. The van der Waals surface area contributed by atoms with Crippen molar-refractivity contribution >= 4 is 0 Å². The Morgan fingerprint density at radius 3 is 2.80 bits per heavy atom. The molecule has 84 valence electrons. The largest absolute Gasteiger partial charge is 0.312 e. The van der Waals surface area contributed by atoms with Crippen LogP contribution in [0.4, 0.5) is 0 Å². The Hall–Kier alpha value is -0.820. The maximum Gasteiger partial charge on any atom is 0.0205 e. The monoisotopic (exact) mass is 205 g/mol. The molecule has 15 heavy (non-hydrogen) atoms. The molecule has 1 heteroatoms. The lowest BCUT2D eigenvalue weighted by Gasteiger charge is -2.11. The lowest BCUT2D eigenvalue weighted by molar-refractivity contribution is 0.476. The molecule has 1 aromatic rings. The molecule has 0 aliphatic carbocycles. The SMILES string of the molecule is CCCC(C)CNCc1cccc(C)c1. The molecular formula is C14H23N. The van der Waals surface area contributed by atoms with Crippen molar-refractivity contribution in [3.63, 3.8) is 0 Å². The molecule has 1 nitrogen and oxygen atoms in total. The van der Waals surface area contributed by atoms with Gasteiger partial charge in [-0.05, 0) is 31.4 Å². The number of hydrogen-bond donors (Lipinski definition) is 1. The Labute approximate surface area is 93.9 Å². The highest BCUT2D eigenvalue weighted by Gasteiger charge is 1.99. The lowest BCUT2D eigenvalue weighted by atomic mass is 10.1. The van der Waals surface area contributed by atoms with E-state index < -0.39 is 0 Å². The fourth-order valence-electron chi connectivity index (χ4n) is 1.88. The van der Waals surface area contributed by atoms with Gasteiger partial charge in [-0.15, -0.1) is 0 Å². The van der Waals surface area contributed by atoms with Crippen LogP contribution < -0.4 is 5.32 Å². The molecule has 1 unspecified atom stereocenters. The highest BCUT2D eigenvalue weighted by Crippen LogP contribution is 2.05. The molecule has 0 radical (unpaired) electrons. The molecule has 0 bridgehead atoms. The van der Waals surface area contributed by atoms with Crippen LogP contribution in [-0.4, -0.2) is 6.54 Å². The third-order valence-electron chi connectivity index (χ3n) is 2.69. The van der Waals surface area contributed by atoms with Gasteiger partial charge in [0.15, 0.2) is 0 Å². The second-order valence-electron chi connectivity index (χ2n) is 4.51. The molecule has 1 N–H and O–H groups in total. The summed E-state index contributed by atoms with van der Waals surface area (Å²) in [7, 11) is 0. The summed E-state index contributed by atoms with van der Waals surface area (Å²) in [4.78, 5) is 0. The Bertz CT molecular complexity index is 280. The molecule has 0 amide bonds. The van der Waals surface area contributed by atoms with Crippen LogP contribution in [0, 0.1) is 12.8 Å². The van der Waals surface area contributed by atoms with E-state index in [0.717, 1.165) is 19.0 Å². The highest BCUT2D eigenvalue weighted by molar-refractivity contribution is 5.21. The van der Waals surface area contributed by atoms with Crippen molar-refractivity contribution in [1.29, 1.82) is 0 Å². The van der Waals surface area contributed by atoms with Gasteiger partial charge in [0, 0.05) is 6.54 Å². The maximum absolute atomic E-state index is 3.51. The van der Waals surface area contributed by atoms with E-state index in [2.05, 4.69) is 50.4 Å². The quantitative estimate of drug-likeness (QED) is 0.749. The summed E-state index contributed by atoms with van der Waals surface area (Å²) in [5, 5.41) is 3.51. The van der Waals surface area contributed by atoms with Crippen molar-refractivity contribution in [2.24, 2.45) is 5.92 Å². The van der Waals surface area contributed by atoms with E-state index in [-0.39, 0.29) is 0 Å². The van der Waals surface area contributed by atoms with Crippen molar-refractivity contribution in [3.05, 3.63) is 35.4 Å². The molecule has 0 saturated heterocycles. The van der Waals surface area contributed by atoms with Crippen molar-refractivity contribution < 1.29 is 0 Å². The molecule has 0 heterocycles. The van der Waals surface area contributed by atoms with Gasteiger partial charge in [0.25, 0.3) is 0 Å². The van der Waals surface area contributed by atoms with Gasteiger partial charge in [0.05, 0.1) is 0 Å². The molecule has 0 aliphatic rings. The van der Waals surface area contributed by atoms with Gasteiger partial charge in [0.1, 0.15) is 0 Å². The van der Waals surface area contributed by atoms with E-state index in [0.29, 0.717) is 0 Å². The summed E-state index contributed by atoms with van der Waals surface area (Å²) in [6.07, 6.45) is 2.61. The van der Waals surface area contributed by atoms with Gasteiger partial charge >= 0.3 is 0 Å². The Morgan fingerprint density at radius 1 is 1.33 bits per heavy atom. The van der Waals surface area contributed by atoms with Gasteiger partial charge < -0.3 is 5.32 Å². The van der Waals surface area contributed by atoms with E-state index in [4.69, 9.17) is 0 Å². The van der Waals surface area contributed by atoms with Crippen molar-refractivity contribution in [2.45, 2.75) is 40.2 Å². The summed E-state index contributed by atoms with van der Waals surface area (Å²) < 4.78 is 0. The van der Waals surface area contributed by atoms with Crippen LogP contribution in [0.2, 0.25) is 0 Å². The lowest BCUT2D eigenvalue weighted by Crippen LogP contribution is -2.20. The maximum atomic E-state index is 3.51. The zero-order valence-corrected chi connectivity index (χ0v) is 10.2. The first-order chi connectivity index (χ1) is 7.22. The number of rotatable bonds is 6. The van der Waals surface area contributed by atoms with E-state index in [9.17, 15) is 0 Å². The van der Waals surface area contributed by atoms with E-state index in [1.165, 1.54) is 24.0 Å². The Morgan fingerprint density at radius 2 is 2.13 bits per heavy atom. The average molecular weight is 205 g/mol. The standard InChI is InChI=1S/C14H23N/c1-4-6-13(3)10-15-11-14-8-5-7-12(2)9-14/h5,7-9,13,15H,4,6,10-11H2,1-3H3. The average Bonchev–Trinajstić information content (AvgIpc) is 2.18. The second-order valence-corrected chi connectivity index (χ2v) is 4.51. The number of aryl methyl sites for hydroxylation is 1. The van der Waals surface area contributed by atoms with E-state index in [1.54, 1.807) is 0 Å². The summed E-state index contributed by atoms with van der Waals surface area (Å²) in [6.45, 7) is 8.82. The van der Waals surface area contributed by atoms with Crippen molar-refractivity contribution in [3.8, 4) is 0 Å². The normalized spacial score (nSPS) is 12.7. The van der Waals surface area contributed by atoms with Crippen LogP contribution in [0.25, 0.3) is 0 Å². The summed E-state index contributed by atoms with van der Waals surface area (Å²) in [5.74, 6) is 0.791. The van der Waals surface area contributed by atoms with Gasteiger partial charge in [-0.3, -0.25) is 0 Å². The van der Waals surface area contributed by atoms with Gasteiger partial charge in [-0.25, -0.2) is 0 Å². The van der Waals surface area contributed by atoms with Crippen LogP contribution in [0.15, 0.2) is 24.3 Å². The smallest absolute Gasteiger partial charge is 0.0205 e. The van der Waals surface area contributed by atoms with E-state index >= 15 is 0 Å². The highest BCUT2D eigenvalue weighted by atomic mass is 14.9. The topological polar surface area (TPSA) is 12.0 Å². The van der Waals surface area contributed by atoms with Gasteiger partial charge in [-0.1, -0.05) is 50.1 Å². The van der Waals surface area contributed by atoms with Gasteiger partial charge in [-0.2, -0.15) is 0 Å². The minimum absolute atomic E-state index is 0.791. The summed E-state index contributed by atoms with van der Waals surface area (Å²) in [6, 6.07) is 8.70. The molecular weight excluding hydrogens is 182 g/mol. The molecule has 0 fully saturated rings. The predicted molar refractivity (Wildman–Crippen MR) is 67.0 cm³/mol. The first kappa shape index (κ1) is 12.3. The summed E-state index contributed by atoms with van der Waals surface area (Å²) >= 11 is 0. The Balaban J connectivity index is 2.25. The first-order valence-electron chi connectivity index (χ1n) is 5.98. The third kappa shape index (κ3) is 4.98. The minimum Gasteiger partial charge on any atom is -0.312 e. The zero-order chi connectivity index (χ0) is 11.1. The Kier molecular flexibility index (Phi) is 5.41. The number of hydrogen-bond acceptors (Lipinski definition) is 1. The fourth-order valence-corrected chi connectivity index (χ4v) is 1.88. The molecule has 1 aromatic carbocycles. The number of benzene rings is 1. The van der Waals surface area contributed by atoms with Crippen molar-refractivity contribution in [1.82, 2.24) is 5.32 Å². The minimum atomic E-state index is 0.791. The second kappa shape index (κ2) is 6.62. The number of nitrogens with one attached hydrogen (secondary N) is 1. The van der Waals surface area contributed by atoms with Crippen LogP contribution in [0.5, 0.6) is 0 Å². The van der Waals surface area contributed by atoms with Crippen LogP contribution in [0.3, 0.4) is 0 Å². The third-order valence-corrected chi connectivity index (χ3v) is 2.69. The molecule has 1 atom stereocenters. The summed E-state index contributed by atoms with van der Waals surface area (Å²) in [5.41, 5.74) is 2.73.